The fraction of sp³-hybridized carbons (Fsp3) is 0.250. The number of pyridine rings is 1. The summed E-state index contributed by atoms with van der Waals surface area (Å²) in [5, 5.41) is 2.88. The highest BCUT2D eigenvalue weighted by molar-refractivity contribution is 6.32. The Kier molecular flexibility index (Phi) is 6.20. The van der Waals surface area contributed by atoms with Gasteiger partial charge < -0.3 is 10.1 Å². The van der Waals surface area contributed by atoms with E-state index in [0.29, 0.717) is 16.5 Å². The molecule has 0 radical (unpaired) electrons. The first-order chi connectivity index (χ1) is 12.1. The molecule has 1 amide bonds. The lowest BCUT2D eigenvalue weighted by Gasteiger charge is -2.14. The number of aromatic nitrogens is 1. The zero-order chi connectivity index (χ0) is 19.5. The number of alkyl halides is 3. The van der Waals surface area contributed by atoms with Crippen molar-refractivity contribution in [2.24, 2.45) is 0 Å². The maximum absolute atomic E-state index is 12.7. The van der Waals surface area contributed by atoms with Gasteiger partial charge in [-0.25, -0.2) is 4.98 Å². The number of likely N-dealkylation sites (N-methyl/N-ethyl adjacent to an activating group) is 1. The molecule has 1 aromatic carbocycles. The minimum atomic E-state index is -4.52. The molecule has 1 aromatic heterocycles. The van der Waals surface area contributed by atoms with Crippen molar-refractivity contribution in [2.45, 2.75) is 6.18 Å². The molecule has 10 heteroatoms. The van der Waals surface area contributed by atoms with Crippen LogP contribution in [0.4, 0.5) is 24.7 Å². The van der Waals surface area contributed by atoms with Gasteiger partial charge in [0.1, 0.15) is 17.0 Å². The van der Waals surface area contributed by atoms with Crippen LogP contribution in [0, 0.1) is 0 Å². The van der Waals surface area contributed by atoms with Gasteiger partial charge >= 0.3 is 6.18 Å². The molecule has 0 bridgehead atoms. The topological polar surface area (TPSA) is 55.7 Å². The summed E-state index contributed by atoms with van der Waals surface area (Å²) in [6.07, 6.45) is -3.73. The highest BCUT2D eigenvalue weighted by Crippen LogP contribution is 2.32. The summed E-state index contributed by atoms with van der Waals surface area (Å²) in [4.78, 5) is 16.1. The number of ether oxygens (including phenoxy) is 1. The number of hydrogen-bond acceptors (Lipinski definition) is 3. The molecule has 0 aliphatic heterocycles. The SMILES string of the molecule is COc1ccc(Cl)cc1NC(=O)CN(C)c1[nH+]cc(C(F)(F)F)cc1Cl. The number of H-pyrrole nitrogens is 1. The molecule has 2 N–H and O–H groups in total. The number of methoxy groups -OCH3 is 1. The molecule has 2 aromatic rings. The number of amides is 1. The van der Waals surface area contributed by atoms with Gasteiger partial charge in [0.05, 0.1) is 25.4 Å². The van der Waals surface area contributed by atoms with Crippen molar-refractivity contribution in [2.75, 3.05) is 30.9 Å². The van der Waals surface area contributed by atoms with Crippen molar-refractivity contribution in [1.82, 2.24) is 0 Å². The zero-order valence-corrected chi connectivity index (χ0v) is 15.3. The number of nitrogens with one attached hydrogen (secondary N) is 2. The predicted molar refractivity (Wildman–Crippen MR) is 92.9 cm³/mol. The Morgan fingerprint density at radius 2 is 2.00 bits per heavy atom. The second kappa shape index (κ2) is 8.01. The monoisotopic (exact) mass is 408 g/mol. The number of anilines is 2. The Hall–Kier alpha value is -2.19. The number of carbonyl (C=O) groups excluding carboxylic acids is 1. The Morgan fingerprint density at radius 3 is 2.58 bits per heavy atom. The number of rotatable bonds is 5. The molecule has 0 saturated carbocycles. The first kappa shape index (κ1) is 20.1. The maximum atomic E-state index is 12.7. The first-order valence-corrected chi connectivity index (χ1v) is 8.00. The minimum absolute atomic E-state index is 0.157. The van der Waals surface area contributed by atoms with Crippen molar-refractivity contribution in [3.8, 4) is 5.75 Å². The third-order valence-electron chi connectivity index (χ3n) is 3.40. The van der Waals surface area contributed by atoms with E-state index in [-0.39, 0.29) is 17.4 Å². The van der Waals surface area contributed by atoms with Gasteiger partial charge in [0, 0.05) is 5.02 Å². The number of benzene rings is 1. The normalized spacial score (nSPS) is 11.2. The quantitative estimate of drug-likeness (QED) is 0.815. The molecule has 1 heterocycles. The zero-order valence-electron chi connectivity index (χ0n) is 13.7. The Labute approximate surface area is 157 Å². The van der Waals surface area contributed by atoms with Crippen molar-refractivity contribution in [1.29, 1.82) is 0 Å². The van der Waals surface area contributed by atoms with E-state index in [1.165, 1.54) is 25.1 Å². The van der Waals surface area contributed by atoms with Gasteiger partial charge in [-0.3, -0.25) is 9.69 Å². The van der Waals surface area contributed by atoms with Crippen LogP contribution in [-0.4, -0.2) is 26.6 Å². The molecule has 140 valence electrons. The standard InChI is InChI=1S/C16H14Cl2F3N3O2/c1-24(15-11(18)5-9(7-22-15)16(19,20)21)8-14(25)23-12-6-10(17)3-4-13(12)26-2/h3-7H,8H2,1-2H3,(H,23,25)/p+1. The number of carbonyl (C=O) groups is 1. The van der Waals surface area contributed by atoms with E-state index in [1.807, 2.05) is 0 Å². The Morgan fingerprint density at radius 1 is 1.31 bits per heavy atom. The molecule has 0 aliphatic carbocycles. The molecule has 0 spiro atoms. The van der Waals surface area contributed by atoms with E-state index in [0.717, 1.165) is 12.3 Å². The van der Waals surface area contributed by atoms with Gasteiger partial charge in [0.25, 0.3) is 11.7 Å². The van der Waals surface area contributed by atoms with Crippen LogP contribution in [-0.2, 0) is 11.0 Å². The first-order valence-electron chi connectivity index (χ1n) is 7.24. The molecular weight excluding hydrogens is 394 g/mol. The van der Waals surface area contributed by atoms with E-state index in [2.05, 4.69) is 10.3 Å². The number of aromatic amines is 1. The summed E-state index contributed by atoms with van der Waals surface area (Å²) in [6, 6.07) is 5.53. The number of nitrogens with zero attached hydrogens (tertiary/aromatic N) is 1. The Balaban J connectivity index is 2.11. The van der Waals surface area contributed by atoms with Crippen LogP contribution in [0.3, 0.4) is 0 Å². The second-order valence-corrected chi connectivity index (χ2v) is 6.18. The molecule has 0 aliphatic rings. The lowest BCUT2D eigenvalue weighted by molar-refractivity contribution is -0.367. The largest absolute Gasteiger partial charge is 0.495 e. The lowest BCUT2D eigenvalue weighted by atomic mass is 10.2. The number of hydrogen-bond donors (Lipinski definition) is 1. The maximum Gasteiger partial charge on any atom is 0.419 e. The highest BCUT2D eigenvalue weighted by Gasteiger charge is 2.33. The van der Waals surface area contributed by atoms with Crippen LogP contribution in [0.1, 0.15) is 5.56 Å². The summed E-state index contributed by atoms with van der Waals surface area (Å²) >= 11 is 11.8. The molecule has 26 heavy (non-hydrogen) atoms. The third kappa shape index (κ3) is 4.92. The fourth-order valence-electron chi connectivity index (χ4n) is 2.18. The van der Waals surface area contributed by atoms with Gasteiger partial charge in [-0.15, -0.1) is 0 Å². The van der Waals surface area contributed by atoms with Gasteiger partial charge in [-0.05, 0) is 24.3 Å². The van der Waals surface area contributed by atoms with Crippen LogP contribution in [0.15, 0.2) is 30.5 Å². The van der Waals surface area contributed by atoms with Crippen LogP contribution in [0.2, 0.25) is 10.0 Å². The van der Waals surface area contributed by atoms with Crippen molar-refractivity contribution in [3.63, 3.8) is 0 Å². The van der Waals surface area contributed by atoms with Crippen LogP contribution in [0.25, 0.3) is 0 Å². The minimum Gasteiger partial charge on any atom is -0.495 e. The molecule has 0 fully saturated rings. The summed E-state index contributed by atoms with van der Waals surface area (Å²) in [6.45, 7) is -0.169. The summed E-state index contributed by atoms with van der Waals surface area (Å²) in [5.74, 6) is 0.162. The van der Waals surface area contributed by atoms with E-state index in [9.17, 15) is 18.0 Å². The average molecular weight is 409 g/mol. The van der Waals surface area contributed by atoms with Crippen molar-refractivity contribution >= 4 is 40.6 Å². The van der Waals surface area contributed by atoms with E-state index in [4.69, 9.17) is 27.9 Å². The summed E-state index contributed by atoms with van der Waals surface area (Å²) in [7, 11) is 2.96. The van der Waals surface area contributed by atoms with Gasteiger partial charge in [-0.2, -0.15) is 13.2 Å². The molecule has 2 rings (SSSR count). The molecule has 5 nitrogen and oxygen atoms in total. The third-order valence-corrected chi connectivity index (χ3v) is 3.92. The van der Waals surface area contributed by atoms with E-state index < -0.39 is 17.6 Å². The smallest absolute Gasteiger partial charge is 0.419 e. The lowest BCUT2D eigenvalue weighted by Crippen LogP contribution is -2.34. The molecular formula is C16H15Cl2F3N3O2+. The second-order valence-electron chi connectivity index (χ2n) is 5.33. The summed E-state index contributed by atoms with van der Waals surface area (Å²) < 4.78 is 43.2. The molecule has 0 atom stereocenters. The van der Waals surface area contributed by atoms with Crippen molar-refractivity contribution < 1.29 is 27.7 Å². The highest BCUT2D eigenvalue weighted by atomic mass is 35.5. The van der Waals surface area contributed by atoms with Crippen molar-refractivity contribution in [3.05, 3.63) is 46.1 Å². The Bertz CT molecular complexity index is 816. The van der Waals surface area contributed by atoms with Crippen LogP contribution < -0.4 is 19.9 Å². The summed E-state index contributed by atoms with van der Waals surface area (Å²) in [5.41, 5.74) is -0.534. The van der Waals surface area contributed by atoms with Crippen LogP contribution >= 0.6 is 23.2 Å². The number of halogens is 5. The molecule has 0 saturated heterocycles. The van der Waals surface area contributed by atoms with E-state index in [1.54, 1.807) is 12.1 Å². The van der Waals surface area contributed by atoms with E-state index >= 15 is 0 Å². The average Bonchev–Trinajstić information content (AvgIpc) is 2.53. The van der Waals surface area contributed by atoms with Gasteiger partial charge in [-0.1, -0.05) is 23.2 Å². The van der Waals surface area contributed by atoms with Crippen LogP contribution in [0.5, 0.6) is 5.75 Å². The predicted octanol–water partition coefficient (Wildman–Crippen LogP) is 3.91. The fourth-order valence-corrected chi connectivity index (χ4v) is 2.67. The molecule has 0 unspecified atom stereocenters. The van der Waals surface area contributed by atoms with Gasteiger partial charge in [0.15, 0.2) is 6.54 Å². The van der Waals surface area contributed by atoms with Gasteiger partial charge in [0.2, 0.25) is 0 Å².